The maximum atomic E-state index is 14.0. The average Bonchev–Trinajstić information content (AvgIpc) is 3.48. The molecule has 172 valence electrons. The number of rotatable bonds is 4. The first-order valence-electron chi connectivity index (χ1n) is 11.1. The molecule has 0 saturated carbocycles. The van der Waals surface area contributed by atoms with Crippen molar-refractivity contribution in [3.05, 3.63) is 109 Å². The van der Waals surface area contributed by atoms with Crippen molar-refractivity contribution in [2.45, 2.75) is 20.4 Å². The molecule has 0 aliphatic carbocycles. The van der Waals surface area contributed by atoms with Gasteiger partial charge in [-0.15, -0.1) is 16.4 Å². The van der Waals surface area contributed by atoms with Gasteiger partial charge in [0.15, 0.2) is 5.69 Å². The summed E-state index contributed by atoms with van der Waals surface area (Å²) in [7, 11) is 0. The molecule has 0 N–H and O–H groups in total. The zero-order valence-corrected chi connectivity index (χ0v) is 19.9. The fourth-order valence-electron chi connectivity index (χ4n) is 4.46. The number of hydrogen-bond donors (Lipinski definition) is 0. The average molecular weight is 481 g/mol. The first-order chi connectivity index (χ1) is 17.0. The number of nitrogens with zero attached hydrogens (tertiary/aromatic N) is 6. The Hall–Kier alpha value is -4.37. The first kappa shape index (κ1) is 21.2. The summed E-state index contributed by atoms with van der Waals surface area (Å²) >= 11 is 1.62. The number of aryl methyl sites for hydroxylation is 1. The maximum Gasteiger partial charge on any atom is 0.336 e. The Morgan fingerprint density at radius 3 is 2.60 bits per heavy atom. The third-order valence-electron chi connectivity index (χ3n) is 6.15. The number of thiophene rings is 1. The minimum Gasteiger partial charge on any atom is -0.291 e. The van der Waals surface area contributed by atoms with Crippen LogP contribution >= 0.6 is 11.3 Å². The van der Waals surface area contributed by atoms with Crippen LogP contribution in [0.5, 0.6) is 0 Å². The van der Waals surface area contributed by atoms with Crippen LogP contribution in [0, 0.1) is 13.8 Å². The van der Waals surface area contributed by atoms with Gasteiger partial charge in [0.1, 0.15) is 5.52 Å². The standard InChI is InChI=1S/C26H20N6O2S/c1-16-11-18(15-35-16)14-30-17(2)24(32-22-10-6-5-9-21(22)28-29-32)25(33)31(26(30)34)23-13-27-12-19-7-3-4-8-20(19)23/h3-13,15H,14H2,1-2H3. The summed E-state index contributed by atoms with van der Waals surface area (Å²) in [6, 6.07) is 17.1. The smallest absolute Gasteiger partial charge is 0.291 e. The lowest BCUT2D eigenvalue weighted by Crippen LogP contribution is -2.42. The molecule has 0 saturated heterocycles. The van der Waals surface area contributed by atoms with Crippen molar-refractivity contribution < 1.29 is 0 Å². The van der Waals surface area contributed by atoms with Crippen molar-refractivity contribution in [3.8, 4) is 11.4 Å². The van der Waals surface area contributed by atoms with Gasteiger partial charge in [0, 0.05) is 21.8 Å². The van der Waals surface area contributed by atoms with Crippen LogP contribution in [-0.2, 0) is 6.54 Å². The molecule has 6 rings (SSSR count). The minimum atomic E-state index is -0.473. The molecule has 9 heteroatoms. The zero-order valence-electron chi connectivity index (χ0n) is 19.0. The van der Waals surface area contributed by atoms with E-state index in [0.29, 0.717) is 29.0 Å². The number of para-hydroxylation sites is 1. The molecule has 0 fully saturated rings. The Kier molecular flexibility index (Phi) is 4.93. The topological polar surface area (TPSA) is 87.6 Å². The maximum absolute atomic E-state index is 14.0. The zero-order chi connectivity index (χ0) is 24.1. The molecule has 6 aromatic rings. The van der Waals surface area contributed by atoms with Gasteiger partial charge < -0.3 is 0 Å². The summed E-state index contributed by atoms with van der Waals surface area (Å²) in [5.74, 6) is 0. The molecular weight excluding hydrogens is 460 g/mol. The number of fused-ring (bicyclic) bond motifs is 2. The Morgan fingerprint density at radius 2 is 1.77 bits per heavy atom. The summed E-state index contributed by atoms with van der Waals surface area (Å²) in [6.45, 7) is 4.13. The van der Waals surface area contributed by atoms with Crippen LogP contribution in [0.3, 0.4) is 0 Å². The highest BCUT2D eigenvalue weighted by molar-refractivity contribution is 7.10. The highest BCUT2D eigenvalue weighted by Crippen LogP contribution is 2.22. The Morgan fingerprint density at radius 1 is 0.971 bits per heavy atom. The number of aromatic nitrogens is 6. The fourth-order valence-corrected chi connectivity index (χ4v) is 5.16. The van der Waals surface area contributed by atoms with Crippen molar-refractivity contribution in [3.63, 3.8) is 0 Å². The van der Waals surface area contributed by atoms with Gasteiger partial charge in [0.2, 0.25) is 0 Å². The lowest BCUT2D eigenvalue weighted by Gasteiger charge is -2.18. The Balaban J connectivity index is 1.72. The second-order valence-corrected chi connectivity index (χ2v) is 9.49. The number of benzene rings is 2. The fraction of sp³-hybridized carbons (Fsp3) is 0.115. The van der Waals surface area contributed by atoms with Crippen molar-refractivity contribution >= 4 is 33.1 Å². The predicted molar refractivity (Wildman–Crippen MR) is 137 cm³/mol. The highest BCUT2D eigenvalue weighted by Gasteiger charge is 2.23. The normalized spacial score (nSPS) is 11.5. The molecule has 4 aromatic heterocycles. The molecule has 0 aliphatic rings. The second-order valence-electron chi connectivity index (χ2n) is 8.38. The van der Waals surface area contributed by atoms with Crippen LogP contribution in [0.1, 0.15) is 16.1 Å². The molecule has 0 atom stereocenters. The van der Waals surface area contributed by atoms with Crippen LogP contribution in [-0.4, -0.2) is 29.1 Å². The minimum absolute atomic E-state index is 0.276. The molecular formula is C26H20N6O2S. The molecule has 0 radical (unpaired) electrons. The van der Waals surface area contributed by atoms with Crippen molar-refractivity contribution in [1.82, 2.24) is 29.1 Å². The van der Waals surface area contributed by atoms with Gasteiger partial charge in [-0.25, -0.2) is 14.0 Å². The van der Waals surface area contributed by atoms with E-state index in [4.69, 9.17) is 0 Å². The van der Waals surface area contributed by atoms with Gasteiger partial charge in [-0.05, 0) is 43.0 Å². The summed E-state index contributed by atoms with van der Waals surface area (Å²) in [6.07, 6.45) is 3.28. The summed E-state index contributed by atoms with van der Waals surface area (Å²) < 4.78 is 4.35. The van der Waals surface area contributed by atoms with Gasteiger partial charge in [-0.3, -0.25) is 14.3 Å². The van der Waals surface area contributed by atoms with Crippen LogP contribution in [0.4, 0.5) is 0 Å². The van der Waals surface area contributed by atoms with Gasteiger partial charge >= 0.3 is 5.69 Å². The van der Waals surface area contributed by atoms with Gasteiger partial charge in [0.05, 0.1) is 29.6 Å². The van der Waals surface area contributed by atoms with Crippen LogP contribution in [0.15, 0.2) is 82.0 Å². The van der Waals surface area contributed by atoms with E-state index in [2.05, 4.69) is 21.4 Å². The molecule has 2 aromatic carbocycles. The van der Waals surface area contributed by atoms with E-state index < -0.39 is 11.2 Å². The molecule has 0 aliphatic heterocycles. The monoisotopic (exact) mass is 480 g/mol. The third-order valence-corrected chi connectivity index (χ3v) is 7.06. The van der Waals surface area contributed by atoms with Crippen molar-refractivity contribution in [2.75, 3.05) is 0 Å². The van der Waals surface area contributed by atoms with Crippen LogP contribution in [0.25, 0.3) is 33.2 Å². The summed E-state index contributed by atoms with van der Waals surface area (Å²) in [4.78, 5) is 33.4. The van der Waals surface area contributed by atoms with E-state index in [9.17, 15) is 9.59 Å². The first-order valence-corrected chi connectivity index (χ1v) is 12.0. The molecule has 0 bridgehead atoms. The predicted octanol–water partition coefficient (Wildman–Crippen LogP) is 4.01. The lowest BCUT2D eigenvalue weighted by atomic mass is 10.1. The van der Waals surface area contributed by atoms with E-state index >= 15 is 0 Å². The highest BCUT2D eigenvalue weighted by atomic mass is 32.1. The third kappa shape index (κ3) is 3.39. The van der Waals surface area contributed by atoms with E-state index in [0.717, 1.165) is 21.2 Å². The second kappa shape index (κ2) is 8.14. The number of pyridine rings is 1. The Bertz CT molecular complexity index is 1850. The SMILES string of the molecule is Cc1cc(Cn2c(C)c(-n3nnc4ccccc43)c(=O)n(-c3cncc4ccccc34)c2=O)cs1. The lowest BCUT2D eigenvalue weighted by molar-refractivity contribution is 0.642. The molecule has 0 amide bonds. The van der Waals surface area contributed by atoms with Crippen molar-refractivity contribution in [1.29, 1.82) is 0 Å². The molecule has 0 spiro atoms. The van der Waals surface area contributed by atoms with Crippen molar-refractivity contribution in [2.24, 2.45) is 0 Å². The quantitative estimate of drug-likeness (QED) is 0.381. The summed E-state index contributed by atoms with van der Waals surface area (Å²) in [5, 5.41) is 12.2. The summed E-state index contributed by atoms with van der Waals surface area (Å²) in [5.41, 5.74) is 2.67. The van der Waals surface area contributed by atoms with Gasteiger partial charge in [0.25, 0.3) is 5.56 Å². The molecule has 4 heterocycles. The van der Waals surface area contributed by atoms with Crippen LogP contribution < -0.4 is 11.2 Å². The van der Waals surface area contributed by atoms with E-state index in [1.54, 1.807) is 35.2 Å². The largest absolute Gasteiger partial charge is 0.336 e. The molecule has 35 heavy (non-hydrogen) atoms. The van der Waals surface area contributed by atoms with E-state index in [1.807, 2.05) is 60.8 Å². The Labute approximate surface area is 203 Å². The van der Waals surface area contributed by atoms with E-state index in [1.165, 1.54) is 9.25 Å². The number of hydrogen-bond acceptors (Lipinski definition) is 6. The van der Waals surface area contributed by atoms with E-state index in [-0.39, 0.29) is 5.69 Å². The molecule has 8 nitrogen and oxygen atoms in total. The van der Waals surface area contributed by atoms with Gasteiger partial charge in [-0.1, -0.05) is 41.6 Å². The van der Waals surface area contributed by atoms with Gasteiger partial charge in [-0.2, -0.15) is 0 Å². The van der Waals surface area contributed by atoms with Crippen LogP contribution in [0.2, 0.25) is 0 Å². The molecule has 0 unspecified atom stereocenters.